The molecule has 1 atom stereocenters. The van der Waals surface area contributed by atoms with Crippen molar-refractivity contribution in [1.82, 2.24) is 10.3 Å². The molecule has 6 heteroatoms. The average molecular weight is 303 g/mol. The van der Waals surface area contributed by atoms with Gasteiger partial charge in [-0.15, -0.1) is 11.3 Å². The molecule has 110 valence electrons. The number of nitrogens with one attached hydrogen (secondary N) is 2. The molecule has 2 aromatic heterocycles. The zero-order valence-electron chi connectivity index (χ0n) is 11.6. The van der Waals surface area contributed by atoms with Crippen molar-refractivity contribution in [2.75, 3.05) is 18.4 Å². The predicted molar refractivity (Wildman–Crippen MR) is 81.1 cm³/mol. The highest BCUT2D eigenvalue weighted by atomic mass is 32.1. The Balaban J connectivity index is 1.41. The lowest BCUT2D eigenvalue weighted by molar-refractivity contribution is -0.118. The topological polar surface area (TPSA) is 67.2 Å². The minimum atomic E-state index is 0.122. The van der Waals surface area contributed by atoms with Crippen molar-refractivity contribution < 1.29 is 9.21 Å². The fourth-order valence-electron chi connectivity index (χ4n) is 3.26. The van der Waals surface area contributed by atoms with Gasteiger partial charge in [-0.25, -0.2) is 4.98 Å². The largest absolute Gasteiger partial charge is 0.463 e. The Hall–Kier alpha value is -1.66. The summed E-state index contributed by atoms with van der Waals surface area (Å²) in [5.41, 5.74) is 1.03. The van der Waals surface area contributed by atoms with E-state index >= 15 is 0 Å². The smallest absolute Gasteiger partial charge is 0.229 e. The molecule has 1 aliphatic heterocycles. The van der Waals surface area contributed by atoms with Gasteiger partial charge < -0.3 is 15.1 Å². The van der Waals surface area contributed by atoms with Crippen molar-refractivity contribution in [3.05, 3.63) is 23.8 Å². The van der Waals surface area contributed by atoms with E-state index in [1.165, 1.54) is 11.3 Å². The molecule has 5 nitrogen and oxygen atoms in total. The van der Waals surface area contributed by atoms with Crippen molar-refractivity contribution in [2.24, 2.45) is 11.3 Å². The van der Waals surface area contributed by atoms with Gasteiger partial charge in [0.1, 0.15) is 5.69 Å². The van der Waals surface area contributed by atoms with Crippen molar-refractivity contribution in [1.29, 1.82) is 0 Å². The lowest BCUT2D eigenvalue weighted by Crippen LogP contribution is -2.31. The van der Waals surface area contributed by atoms with Crippen LogP contribution in [0.5, 0.6) is 0 Å². The first-order valence-corrected chi connectivity index (χ1v) is 8.16. The molecule has 4 rings (SSSR count). The van der Waals surface area contributed by atoms with Gasteiger partial charge in [-0.05, 0) is 49.9 Å². The summed E-state index contributed by atoms with van der Waals surface area (Å²) in [6.45, 7) is 2.06. The number of hydrogen-bond donors (Lipinski definition) is 2. The fraction of sp³-hybridized carbons (Fsp3) is 0.467. The van der Waals surface area contributed by atoms with Gasteiger partial charge in [0.15, 0.2) is 10.9 Å². The Kier molecular flexibility index (Phi) is 3.08. The summed E-state index contributed by atoms with van der Waals surface area (Å²) in [6.07, 6.45) is 4.87. The Morgan fingerprint density at radius 2 is 2.33 bits per heavy atom. The van der Waals surface area contributed by atoms with E-state index in [1.807, 2.05) is 17.5 Å². The van der Waals surface area contributed by atoms with Gasteiger partial charge in [0.2, 0.25) is 5.91 Å². The highest BCUT2D eigenvalue weighted by Gasteiger charge is 2.57. The summed E-state index contributed by atoms with van der Waals surface area (Å²) in [6, 6.07) is 3.70. The number of carbonyl (C=O) groups is 1. The van der Waals surface area contributed by atoms with Crippen LogP contribution in [-0.2, 0) is 4.79 Å². The van der Waals surface area contributed by atoms with Crippen LogP contribution in [0.15, 0.2) is 28.2 Å². The van der Waals surface area contributed by atoms with Crippen molar-refractivity contribution in [3.8, 4) is 11.5 Å². The third-order valence-corrected chi connectivity index (χ3v) is 5.37. The van der Waals surface area contributed by atoms with Crippen molar-refractivity contribution in [2.45, 2.75) is 19.3 Å². The molecule has 21 heavy (non-hydrogen) atoms. The highest BCUT2D eigenvalue weighted by Crippen LogP contribution is 2.58. The van der Waals surface area contributed by atoms with Crippen LogP contribution in [-0.4, -0.2) is 24.0 Å². The molecule has 0 bridgehead atoms. The average Bonchev–Trinajstić information content (AvgIpc) is 2.93. The van der Waals surface area contributed by atoms with Gasteiger partial charge >= 0.3 is 0 Å². The third kappa shape index (κ3) is 2.38. The predicted octanol–water partition coefficient (Wildman–Crippen LogP) is 2.73. The second-order valence-electron chi connectivity index (χ2n) is 5.87. The number of rotatable bonds is 3. The van der Waals surface area contributed by atoms with Gasteiger partial charge in [0, 0.05) is 11.3 Å². The summed E-state index contributed by atoms with van der Waals surface area (Å²) in [7, 11) is 0. The van der Waals surface area contributed by atoms with Crippen molar-refractivity contribution >= 4 is 22.4 Å². The molecule has 2 aliphatic rings. The maximum absolute atomic E-state index is 12.4. The van der Waals surface area contributed by atoms with Gasteiger partial charge in [0.05, 0.1) is 6.26 Å². The molecule has 1 unspecified atom stereocenters. The molecule has 1 saturated carbocycles. The highest BCUT2D eigenvalue weighted by molar-refractivity contribution is 7.14. The molecule has 0 aromatic carbocycles. The zero-order valence-corrected chi connectivity index (χ0v) is 12.4. The number of nitrogens with zero attached hydrogens (tertiary/aromatic N) is 1. The maximum Gasteiger partial charge on any atom is 0.229 e. The standard InChI is InChI=1S/C15H17N3O2S/c19-13(10-8-15(10)3-5-16-6-4-15)18-14-17-11(9-21-14)12-2-1-7-20-12/h1-2,7,9-10,16H,3-6,8H2,(H,17,18,19). The molecule has 0 radical (unpaired) electrons. The Bertz CT molecular complexity index is 644. The Morgan fingerprint density at radius 3 is 3.10 bits per heavy atom. The minimum absolute atomic E-state index is 0.122. The van der Waals surface area contributed by atoms with Crippen LogP contribution in [0.4, 0.5) is 5.13 Å². The Labute approximate surface area is 126 Å². The van der Waals surface area contributed by atoms with Crippen LogP contribution < -0.4 is 10.6 Å². The summed E-state index contributed by atoms with van der Waals surface area (Å²) in [4.78, 5) is 16.8. The molecule has 1 amide bonds. The van der Waals surface area contributed by atoms with Crippen LogP contribution in [0, 0.1) is 11.3 Å². The summed E-state index contributed by atoms with van der Waals surface area (Å²) < 4.78 is 5.31. The molecular formula is C15H17N3O2S. The van der Waals surface area contributed by atoms with Crippen LogP contribution >= 0.6 is 11.3 Å². The lowest BCUT2D eigenvalue weighted by atomic mass is 9.92. The number of aromatic nitrogens is 1. The monoisotopic (exact) mass is 303 g/mol. The zero-order chi connectivity index (χ0) is 14.3. The first-order chi connectivity index (χ1) is 10.3. The van der Waals surface area contributed by atoms with E-state index in [0.717, 1.165) is 43.8 Å². The van der Waals surface area contributed by atoms with Crippen molar-refractivity contribution in [3.63, 3.8) is 0 Å². The maximum atomic E-state index is 12.4. The fourth-order valence-corrected chi connectivity index (χ4v) is 3.96. The summed E-state index contributed by atoms with van der Waals surface area (Å²) >= 11 is 1.44. The van der Waals surface area contributed by atoms with Gasteiger partial charge in [-0.1, -0.05) is 0 Å². The summed E-state index contributed by atoms with van der Waals surface area (Å²) in [5, 5.41) is 8.88. The van der Waals surface area contributed by atoms with Gasteiger partial charge in [-0.2, -0.15) is 0 Å². The van der Waals surface area contributed by atoms with Crippen LogP contribution in [0.3, 0.4) is 0 Å². The number of anilines is 1. The van der Waals surface area contributed by atoms with Gasteiger partial charge in [0.25, 0.3) is 0 Å². The van der Waals surface area contributed by atoms with E-state index in [1.54, 1.807) is 6.26 Å². The first-order valence-electron chi connectivity index (χ1n) is 7.28. The van der Waals surface area contributed by atoms with E-state index < -0.39 is 0 Å². The SMILES string of the molecule is O=C(Nc1nc(-c2ccco2)cs1)C1CC12CCNCC2. The number of piperidine rings is 1. The van der Waals surface area contributed by atoms with E-state index in [-0.39, 0.29) is 17.2 Å². The van der Waals surface area contributed by atoms with Crippen LogP contribution in [0.25, 0.3) is 11.5 Å². The second kappa shape index (κ2) is 4.96. The number of thiazole rings is 1. The molecule has 2 aromatic rings. The number of hydrogen-bond acceptors (Lipinski definition) is 5. The van der Waals surface area contributed by atoms with E-state index in [4.69, 9.17) is 4.42 Å². The summed E-state index contributed by atoms with van der Waals surface area (Å²) in [5.74, 6) is 1.01. The lowest BCUT2D eigenvalue weighted by Gasteiger charge is -2.22. The quantitative estimate of drug-likeness (QED) is 0.915. The molecule has 2 N–H and O–H groups in total. The van der Waals surface area contributed by atoms with E-state index in [0.29, 0.717) is 5.13 Å². The number of furan rings is 1. The number of amides is 1. The Morgan fingerprint density at radius 1 is 1.48 bits per heavy atom. The molecule has 1 saturated heterocycles. The molecule has 2 fully saturated rings. The normalized spacial score (nSPS) is 23.1. The van der Waals surface area contributed by atoms with Crippen LogP contribution in [0.2, 0.25) is 0 Å². The second-order valence-corrected chi connectivity index (χ2v) is 6.73. The van der Waals surface area contributed by atoms with E-state index in [9.17, 15) is 4.79 Å². The number of carbonyl (C=O) groups excluding carboxylic acids is 1. The van der Waals surface area contributed by atoms with Gasteiger partial charge in [-0.3, -0.25) is 4.79 Å². The van der Waals surface area contributed by atoms with Crippen LogP contribution in [0.1, 0.15) is 19.3 Å². The molecule has 1 spiro atoms. The minimum Gasteiger partial charge on any atom is -0.463 e. The third-order valence-electron chi connectivity index (χ3n) is 4.61. The molecule has 1 aliphatic carbocycles. The first kappa shape index (κ1) is 13.0. The van der Waals surface area contributed by atoms with E-state index in [2.05, 4.69) is 15.6 Å². The molecule has 3 heterocycles. The molecular weight excluding hydrogens is 286 g/mol.